The summed E-state index contributed by atoms with van der Waals surface area (Å²) >= 11 is 0. The second kappa shape index (κ2) is 6.42. The predicted molar refractivity (Wildman–Crippen MR) is 81.4 cm³/mol. The van der Waals surface area contributed by atoms with Gasteiger partial charge in [0.2, 0.25) is 11.6 Å². The molecule has 0 unspecified atom stereocenters. The van der Waals surface area contributed by atoms with Gasteiger partial charge in [-0.15, -0.1) is 13.2 Å². The number of carbonyl (C=O) groups excluding carboxylic acids is 1. The maximum Gasteiger partial charge on any atom is 0.573 e. The molecular weight excluding hydrogens is 339 g/mol. The summed E-state index contributed by atoms with van der Waals surface area (Å²) in [5, 5.41) is 2.62. The van der Waals surface area contributed by atoms with Gasteiger partial charge in [0.05, 0.1) is 12.2 Å². The zero-order chi connectivity index (χ0) is 18.0. The lowest BCUT2D eigenvalue weighted by Gasteiger charge is -2.10. The highest BCUT2D eigenvalue weighted by Gasteiger charge is 2.31. The molecule has 3 aromatic rings. The molecule has 1 aromatic carbocycles. The van der Waals surface area contributed by atoms with Gasteiger partial charge in [-0.25, -0.2) is 9.97 Å². The summed E-state index contributed by atoms with van der Waals surface area (Å²) in [5.74, 6) is -0.533. The Morgan fingerprint density at radius 1 is 1.28 bits per heavy atom. The fourth-order valence-corrected chi connectivity index (χ4v) is 2.26. The van der Waals surface area contributed by atoms with E-state index in [4.69, 9.17) is 4.42 Å². The number of nitrogens with one attached hydrogen (secondary N) is 1. The van der Waals surface area contributed by atoms with Crippen molar-refractivity contribution < 1.29 is 27.1 Å². The Balaban J connectivity index is 1.96. The van der Waals surface area contributed by atoms with Gasteiger partial charge in [-0.3, -0.25) is 4.79 Å². The highest BCUT2D eigenvalue weighted by molar-refractivity contribution is 5.89. The Bertz CT molecular complexity index is 904. The van der Waals surface area contributed by atoms with E-state index < -0.39 is 6.36 Å². The molecule has 0 bridgehead atoms. The third kappa shape index (κ3) is 4.06. The maximum atomic E-state index is 12.2. The van der Waals surface area contributed by atoms with Crippen LogP contribution >= 0.6 is 0 Å². The number of aromatic nitrogens is 2. The van der Waals surface area contributed by atoms with Crippen molar-refractivity contribution in [3.05, 3.63) is 42.4 Å². The van der Waals surface area contributed by atoms with E-state index in [0.29, 0.717) is 22.3 Å². The molecule has 9 heteroatoms. The third-order valence-corrected chi connectivity index (χ3v) is 3.28. The number of pyridine rings is 1. The number of halogens is 3. The van der Waals surface area contributed by atoms with Crippen LogP contribution < -0.4 is 10.1 Å². The Hall–Kier alpha value is -3.10. The first-order chi connectivity index (χ1) is 11.8. The van der Waals surface area contributed by atoms with Gasteiger partial charge in [-0.05, 0) is 23.8 Å². The van der Waals surface area contributed by atoms with E-state index in [1.54, 1.807) is 6.07 Å². The highest BCUT2D eigenvalue weighted by atomic mass is 19.4. The fourth-order valence-electron chi connectivity index (χ4n) is 2.26. The molecular formula is C16H12F3N3O3. The number of rotatable bonds is 4. The molecule has 0 saturated carbocycles. The molecule has 2 heterocycles. The number of carbonyl (C=O) groups is 1. The lowest BCUT2D eigenvalue weighted by molar-refractivity contribution is -0.274. The standard InChI is InChI=1S/C16H12F3N3O3/c1-9(23)20-7-11-6-13(14-15(22-11)24-8-21-14)10-2-4-12(5-3-10)25-16(17,18)19/h2-6,8H,7H2,1H3,(H,20,23). The minimum absolute atomic E-state index is 0.189. The summed E-state index contributed by atoms with van der Waals surface area (Å²) in [6, 6.07) is 7.07. The first kappa shape index (κ1) is 16.7. The summed E-state index contributed by atoms with van der Waals surface area (Å²) in [6.07, 6.45) is -3.52. The molecule has 6 nitrogen and oxygen atoms in total. The molecule has 0 atom stereocenters. The van der Waals surface area contributed by atoms with E-state index >= 15 is 0 Å². The minimum Gasteiger partial charge on any atom is -0.425 e. The molecule has 1 amide bonds. The number of fused-ring (bicyclic) bond motifs is 1. The molecule has 1 N–H and O–H groups in total. The van der Waals surface area contributed by atoms with Crippen LogP contribution in [0.5, 0.6) is 5.75 Å². The average molecular weight is 351 g/mol. The molecule has 3 rings (SSSR count). The van der Waals surface area contributed by atoms with Gasteiger partial charge in [-0.1, -0.05) is 12.1 Å². The summed E-state index contributed by atoms with van der Waals surface area (Å²) < 4.78 is 45.8. The molecule has 0 aliphatic heterocycles. The summed E-state index contributed by atoms with van der Waals surface area (Å²) in [6.45, 7) is 1.57. The van der Waals surface area contributed by atoms with E-state index in [0.717, 1.165) is 0 Å². The largest absolute Gasteiger partial charge is 0.573 e. The van der Waals surface area contributed by atoms with Gasteiger partial charge in [0.25, 0.3) is 0 Å². The molecule has 0 spiro atoms. The molecule has 0 aliphatic rings. The summed E-state index contributed by atoms with van der Waals surface area (Å²) in [5.41, 5.74) is 2.51. The van der Waals surface area contributed by atoms with Crippen LogP contribution in [-0.4, -0.2) is 22.2 Å². The van der Waals surface area contributed by atoms with Crippen LogP contribution in [0, 0.1) is 0 Å². The highest BCUT2D eigenvalue weighted by Crippen LogP contribution is 2.30. The number of ether oxygens (including phenoxy) is 1. The molecule has 130 valence electrons. The van der Waals surface area contributed by atoms with Crippen LogP contribution in [0.15, 0.2) is 41.1 Å². The Morgan fingerprint density at radius 3 is 2.64 bits per heavy atom. The van der Waals surface area contributed by atoms with Gasteiger partial charge in [0.1, 0.15) is 11.3 Å². The maximum absolute atomic E-state index is 12.2. The molecule has 2 aromatic heterocycles. The van der Waals surface area contributed by atoms with Crippen molar-refractivity contribution in [2.45, 2.75) is 19.8 Å². The zero-order valence-electron chi connectivity index (χ0n) is 12.9. The average Bonchev–Trinajstić information content (AvgIpc) is 3.00. The van der Waals surface area contributed by atoms with Gasteiger partial charge in [-0.2, -0.15) is 0 Å². The van der Waals surface area contributed by atoms with Crippen molar-refractivity contribution in [3.63, 3.8) is 0 Å². The second-order valence-corrected chi connectivity index (χ2v) is 5.15. The number of amides is 1. The Kier molecular flexibility index (Phi) is 4.30. The van der Waals surface area contributed by atoms with Crippen molar-refractivity contribution >= 4 is 17.1 Å². The zero-order valence-corrected chi connectivity index (χ0v) is 12.9. The topological polar surface area (TPSA) is 77.2 Å². The fraction of sp³-hybridized carbons (Fsp3) is 0.188. The molecule has 0 saturated heterocycles. The number of hydrogen-bond acceptors (Lipinski definition) is 5. The van der Waals surface area contributed by atoms with E-state index in [9.17, 15) is 18.0 Å². The van der Waals surface area contributed by atoms with Gasteiger partial charge >= 0.3 is 6.36 Å². The summed E-state index contributed by atoms with van der Waals surface area (Å²) in [4.78, 5) is 19.4. The van der Waals surface area contributed by atoms with Crippen LogP contribution in [0.1, 0.15) is 12.6 Å². The number of alkyl halides is 3. The van der Waals surface area contributed by atoms with E-state index in [1.807, 2.05) is 0 Å². The van der Waals surface area contributed by atoms with Crippen LogP contribution in [0.2, 0.25) is 0 Å². The van der Waals surface area contributed by atoms with Crippen molar-refractivity contribution in [1.29, 1.82) is 0 Å². The molecule has 25 heavy (non-hydrogen) atoms. The van der Waals surface area contributed by atoms with Crippen molar-refractivity contribution in [1.82, 2.24) is 15.3 Å². The van der Waals surface area contributed by atoms with Crippen molar-refractivity contribution in [2.75, 3.05) is 0 Å². The van der Waals surface area contributed by atoms with Gasteiger partial charge in [0, 0.05) is 12.5 Å². The minimum atomic E-state index is -4.75. The summed E-state index contributed by atoms with van der Waals surface area (Å²) in [7, 11) is 0. The Labute approximate surface area is 139 Å². The molecule has 0 radical (unpaired) electrons. The van der Waals surface area contributed by atoms with E-state index in [-0.39, 0.29) is 23.9 Å². The van der Waals surface area contributed by atoms with Crippen LogP contribution in [0.25, 0.3) is 22.4 Å². The third-order valence-electron chi connectivity index (χ3n) is 3.28. The first-order valence-corrected chi connectivity index (χ1v) is 7.15. The van der Waals surface area contributed by atoms with E-state index in [1.165, 1.54) is 37.6 Å². The lowest BCUT2D eigenvalue weighted by Crippen LogP contribution is -2.19. The quantitative estimate of drug-likeness (QED) is 0.779. The van der Waals surface area contributed by atoms with E-state index in [2.05, 4.69) is 20.0 Å². The second-order valence-electron chi connectivity index (χ2n) is 5.15. The monoisotopic (exact) mass is 351 g/mol. The van der Waals surface area contributed by atoms with Crippen LogP contribution in [0.4, 0.5) is 13.2 Å². The van der Waals surface area contributed by atoms with Crippen LogP contribution in [0.3, 0.4) is 0 Å². The number of benzene rings is 1. The van der Waals surface area contributed by atoms with Crippen molar-refractivity contribution in [2.24, 2.45) is 0 Å². The Morgan fingerprint density at radius 2 is 2.00 bits per heavy atom. The molecule has 0 aliphatic carbocycles. The van der Waals surface area contributed by atoms with Gasteiger partial charge < -0.3 is 14.5 Å². The number of hydrogen-bond donors (Lipinski definition) is 1. The van der Waals surface area contributed by atoms with Crippen LogP contribution in [-0.2, 0) is 11.3 Å². The first-order valence-electron chi connectivity index (χ1n) is 7.15. The van der Waals surface area contributed by atoms with Crippen molar-refractivity contribution in [3.8, 4) is 16.9 Å². The predicted octanol–water partition coefficient (Wildman–Crippen LogP) is 3.42. The number of nitrogens with zero attached hydrogens (tertiary/aromatic N) is 2. The smallest absolute Gasteiger partial charge is 0.425 e. The van der Waals surface area contributed by atoms with Gasteiger partial charge in [0.15, 0.2) is 6.39 Å². The normalized spacial score (nSPS) is 11.5. The molecule has 0 fully saturated rings. The SMILES string of the molecule is CC(=O)NCc1cc(-c2ccc(OC(F)(F)F)cc2)c2ncoc2n1. The lowest BCUT2D eigenvalue weighted by atomic mass is 10.0. The number of oxazole rings is 1.